The number of hydrogen-bond donors (Lipinski definition) is 0. The van der Waals surface area contributed by atoms with Crippen LogP contribution in [0.1, 0.15) is 163 Å². The normalized spacial score (nSPS) is 16.6. The van der Waals surface area contributed by atoms with Gasteiger partial charge in [0, 0.05) is 23.5 Å². The summed E-state index contributed by atoms with van der Waals surface area (Å²) in [4.78, 5) is 24.8. The lowest BCUT2D eigenvalue weighted by Gasteiger charge is -2.30. The van der Waals surface area contributed by atoms with Gasteiger partial charge in [0.1, 0.15) is 11.5 Å². The van der Waals surface area contributed by atoms with Gasteiger partial charge in [-0.3, -0.25) is 0 Å². The van der Waals surface area contributed by atoms with E-state index in [1.165, 1.54) is 107 Å². The van der Waals surface area contributed by atoms with Gasteiger partial charge in [-0.2, -0.15) is 0 Å². The summed E-state index contributed by atoms with van der Waals surface area (Å²) in [6, 6.07) is 0. The molecule has 44 heavy (non-hydrogen) atoms. The molecule has 0 heterocycles. The monoisotopic (exact) mass is 606 g/mol. The molecular formula is C40H62O4. The fraction of sp³-hybridized carbons (Fsp3) is 0.650. The van der Waals surface area contributed by atoms with Gasteiger partial charge >= 0.3 is 11.9 Å². The van der Waals surface area contributed by atoms with Crippen LogP contribution in [0.2, 0.25) is 0 Å². The van der Waals surface area contributed by atoms with E-state index < -0.39 is 0 Å². The van der Waals surface area contributed by atoms with Crippen LogP contribution in [0.15, 0.2) is 70.8 Å². The van der Waals surface area contributed by atoms with Crippen LogP contribution in [0.3, 0.4) is 0 Å². The lowest BCUT2D eigenvalue weighted by atomic mass is 9.79. The molecule has 0 spiro atoms. The minimum atomic E-state index is -0.366. The average Bonchev–Trinajstić information content (AvgIpc) is 3.01. The van der Waals surface area contributed by atoms with Crippen molar-refractivity contribution in [2.24, 2.45) is 5.92 Å². The molecule has 0 aromatic heterocycles. The van der Waals surface area contributed by atoms with E-state index >= 15 is 0 Å². The molecule has 0 fully saturated rings. The summed E-state index contributed by atoms with van der Waals surface area (Å²) in [5.74, 6) is 1.09. The fourth-order valence-corrected chi connectivity index (χ4v) is 6.10. The summed E-state index contributed by atoms with van der Waals surface area (Å²) in [6.07, 6.45) is 31.1. The quantitative estimate of drug-likeness (QED) is 0.0659. The maximum absolute atomic E-state index is 12.8. The molecule has 2 aliphatic rings. The van der Waals surface area contributed by atoms with Crippen LogP contribution in [-0.2, 0) is 19.1 Å². The molecule has 2 rings (SSSR count). The topological polar surface area (TPSA) is 52.6 Å². The number of carbonyl (C=O) groups is 2. The standard InChI is InChI=1S/C40H62O4/c1-7-9-11-13-15-17-19-21-23-34-29-36(33-25-27-37(28-26-33)43-39(41)31(3)4)30-35(38(34)44-40(42)32(5)6)24-22-20-18-16-14-12-10-8-2/h25,27,29,35H,3,5,7-24,26,28,30H2,1-2,4,6H3. The highest BCUT2D eigenvalue weighted by Crippen LogP contribution is 2.41. The Labute approximate surface area is 269 Å². The first-order valence-electron chi connectivity index (χ1n) is 17.9. The van der Waals surface area contributed by atoms with Gasteiger partial charge in [-0.25, -0.2) is 9.59 Å². The van der Waals surface area contributed by atoms with E-state index in [2.05, 4.69) is 39.2 Å². The van der Waals surface area contributed by atoms with Gasteiger partial charge in [0.05, 0.1) is 0 Å². The van der Waals surface area contributed by atoms with Gasteiger partial charge < -0.3 is 9.47 Å². The van der Waals surface area contributed by atoms with Crippen molar-refractivity contribution in [1.29, 1.82) is 0 Å². The van der Waals surface area contributed by atoms with E-state index in [0.29, 0.717) is 23.3 Å². The van der Waals surface area contributed by atoms with E-state index in [1.807, 2.05) is 6.08 Å². The largest absolute Gasteiger partial charge is 0.428 e. The first kappa shape index (κ1) is 37.6. The van der Waals surface area contributed by atoms with Crippen LogP contribution in [0.4, 0.5) is 0 Å². The lowest BCUT2D eigenvalue weighted by molar-refractivity contribution is -0.136. The summed E-state index contributed by atoms with van der Waals surface area (Å²) < 4.78 is 11.7. The highest BCUT2D eigenvalue weighted by molar-refractivity contribution is 5.88. The Balaban J connectivity index is 2.21. The number of rotatable bonds is 23. The predicted molar refractivity (Wildman–Crippen MR) is 185 cm³/mol. The maximum atomic E-state index is 12.8. The molecule has 1 atom stereocenters. The number of carbonyl (C=O) groups excluding carboxylic acids is 2. The third-order valence-electron chi connectivity index (χ3n) is 8.85. The van der Waals surface area contributed by atoms with Crippen molar-refractivity contribution < 1.29 is 19.1 Å². The molecule has 0 saturated heterocycles. The molecule has 1 unspecified atom stereocenters. The van der Waals surface area contributed by atoms with E-state index in [1.54, 1.807) is 13.8 Å². The SMILES string of the molecule is C=C(C)C(=O)OC1=CC=C(C2=CC(CCCCCCCCCC)=C(OC(=O)C(=C)C)C(CCCCCCCCCC)C2)CC1. The zero-order valence-electron chi connectivity index (χ0n) is 28.7. The molecule has 2 aliphatic carbocycles. The Morgan fingerprint density at radius 3 is 1.73 bits per heavy atom. The van der Waals surface area contributed by atoms with Gasteiger partial charge in [-0.05, 0) is 68.7 Å². The van der Waals surface area contributed by atoms with Crippen LogP contribution in [0.5, 0.6) is 0 Å². The molecule has 0 amide bonds. The third-order valence-corrected chi connectivity index (χ3v) is 8.85. The molecule has 0 saturated carbocycles. The van der Waals surface area contributed by atoms with E-state index in [4.69, 9.17) is 9.47 Å². The molecule has 4 nitrogen and oxygen atoms in total. The van der Waals surface area contributed by atoms with Crippen LogP contribution in [0, 0.1) is 5.92 Å². The van der Waals surface area contributed by atoms with Gasteiger partial charge in [0.2, 0.25) is 0 Å². The summed E-state index contributed by atoms with van der Waals surface area (Å²) in [5, 5.41) is 0. The van der Waals surface area contributed by atoms with Crippen LogP contribution >= 0.6 is 0 Å². The second kappa shape index (κ2) is 22.0. The smallest absolute Gasteiger partial charge is 0.338 e. The number of hydrogen-bond acceptors (Lipinski definition) is 4. The Morgan fingerprint density at radius 1 is 0.682 bits per heavy atom. The predicted octanol–water partition coefficient (Wildman–Crippen LogP) is 12.1. The van der Waals surface area contributed by atoms with Gasteiger partial charge in [0.25, 0.3) is 0 Å². The number of esters is 2. The molecule has 0 N–H and O–H groups in total. The van der Waals surface area contributed by atoms with Crippen LogP contribution in [-0.4, -0.2) is 11.9 Å². The third kappa shape index (κ3) is 14.4. The summed E-state index contributed by atoms with van der Waals surface area (Å²) in [7, 11) is 0. The fourth-order valence-electron chi connectivity index (χ4n) is 6.10. The minimum absolute atomic E-state index is 0.190. The summed E-state index contributed by atoms with van der Waals surface area (Å²) in [5.41, 5.74) is 4.66. The molecule has 4 heteroatoms. The Kier molecular flexibility index (Phi) is 18.8. The van der Waals surface area contributed by atoms with Gasteiger partial charge in [-0.15, -0.1) is 0 Å². The Bertz CT molecular complexity index is 1070. The van der Waals surface area contributed by atoms with Crippen molar-refractivity contribution in [3.63, 3.8) is 0 Å². The molecule has 0 aromatic rings. The second-order valence-corrected chi connectivity index (χ2v) is 13.1. The van der Waals surface area contributed by atoms with Crippen molar-refractivity contribution in [2.75, 3.05) is 0 Å². The Morgan fingerprint density at radius 2 is 1.20 bits per heavy atom. The van der Waals surface area contributed by atoms with E-state index in [0.717, 1.165) is 44.3 Å². The van der Waals surface area contributed by atoms with Gasteiger partial charge in [0.15, 0.2) is 0 Å². The first-order chi connectivity index (χ1) is 21.3. The number of ether oxygens (including phenoxy) is 2. The lowest BCUT2D eigenvalue weighted by Crippen LogP contribution is -2.19. The zero-order valence-corrected chi connectivity index (χ0v) is 28.7. The van der Waals surface area contributed by atoms with E-state index in [9.17, 15) is 9.59 Å². The van der Waals surface area contributed by atoms with Gasteiger partial charge in [-0.1, -0.05) is 135 Å². The molecule has 0 aromatic carbocycles. The van der Waals surface area contributed by atoms with E-state index in [-0.39, 0.29) is 17.9 Å². The van der Waals surface area contributed by atoms with Crippen LogP contribution < -0.4 is 0 Å². The molecule has 0 aliphatic heterocycles. The molecule has 0 bridgehead atoms. The molecule has 246 valence electrons. The highest BCUT2D eigenvalue weighted by atomic mass is 16.5. The summed E-state index contributed by atoms with van der Waals surface area (Å²) >= 11 is 0. The maximum Gasteiger partial charge on any atom is 0.338 e. The summed E-state index contributed by atoms with van der Waals surface area (Å²) in [6.45, 7) is 15.5. The highest BCUT2D eigenvalue weighted by Gasteiger charge is 2.29. The minimum Gasteiger partial charge on any atom is -0.428 e. The van der Waals surface area contributed by atoms with Crippen molar-refractivity contribution in [1.82, 2.24) is 0 Å². The number of allylic oxidation sites excluding steroid dienone is 8. The zero-order chi connectivity index (χ0) is 32.2. The van der Waals surface area contributed by atoms with Crippen molar-refractivity contribution in [3.05, 3.63) is 70.8 Å². The second-order valence-electron chi connectivity index (χ2n) is 13.1. The molecule has 0 radical (unpaired) electrons. The first-order valence-corrected chi connectivity index (χ1v) is 17.9. The Hall–Kier alpha value is -2.62. The molecular weight excluding hydrogens is 544 g/mol. The van der Waals surface area contributed by atoms with Crippen molar-refractivity contribution in [3.8, 4) is 0 Å². The van der Waals surface area contributed by atoms with Crippen LogP contribution in [0.25, 0.3) is 0 Å². The average molecular weight is 607 g/mol. The van der Waals surface area contributed by atoms with Crippen molar-refractivity contribution in [2.45, 2.75) is 163 Å². The number of unbranched alkanes of at least 4 members (excludes halogenated alkanes) is 14. The van der Waals surface area contributed by atoms with Crippen molar-refractivity contribution >= 4 is 11.9 Å².